The summed E-state index contributed by atoms with van der Waals surface area (Å²) in [6.07, 6.45) is 2.98. The van der Waals surface area contributed by atoms with Gasteiger partial charge in [-0.1, -0.05) is 23.4 Å². The molecule has 2 heterocycles. The van der Waals surface area contributed by atoms with Gasteiger partial charge in [-0.3, -0.25) is 9.78 Å². The minimum Gasteiger partial charge on any atom is -0.491 e. The average molecular weight is 420 g/mol. The van der Waals surface area contributed by atoms with Crippen LogP contribution in [0.4, 0.5) is 4.39 Å². The Balaban J connectivity index is 1.17. The first-order valence-electron chi connectivity index (χ1n) is 10.0. The van der Waals surface area contributed by atoms with Gasteiger partial charge in [-0.15, -0.1) is 0 Å². The Labute approximate surface area is 178 Å². The largest absolute Gasteiger partial charge is 0.491 e. The molecule has 0 radical (unpaired) electrons. The summed E-state index contributed by atoms with van der Waals surface area (Å²) in [5.74, 6) is 1.03. The Kier molecular flexibility index (Phi) is 6.47. The Morgan fingerprint density at radius 1 is 1.10 bits per heavy atom. The normalized spacial score (nSPS) is 10.9. The molecule has 0 aliphatic rings. The van der Waals surface area contributed by atoms with Gasteiger partial charge in [-0.25, -0.2) is 4.39 Å². The number of pyridine rings is 1. The van der Waals surface area contributed by atoms with Gasteiger partial charge < -0.3 is 14.6 Å². The summed E-state index contributed by atoms with van der Waals surface area (Å²) >= 11 is 0. The van der Waals surface area contributed by atoms with E-state index in [0.29, 0.717) is 43.3 Å². The predicted molar refractivity (Wildman–Crippen MR) is 113 cm³/mol. The Hall–Kier alpha value is -3.81. The van der Waals surface area contributed by atoms with E-state index >= 15 is 0 Å². The van der Waals surface area contributed by atoms with Crippen LogP contribution in [0, 0.1) is 5.82 Å². The van der Waals surface area contributed by atoms with Crippen molar-refractivity contribution in [2.45, 2.75) is 19.3 Å². The van der Waals surface area contributed by atoms with E-state index < -0.39 is 0 Å². The summed E-state index contributed by atoms with van der Waals surface area (Å²) in [5, 5.41) is 7.75. The molecule has 1 amide bonds. The van der Waals surface area contributed by atoms with E-state index in [1.807, 2.05) is 30.3 Å². The van der Waals surface area contributed by atoms with Crippen LogP contribution in [-0.2, 0) is 11.2 Å². The van der Waals surface area contributed by atoms with Crippen LogP contribution in [0.25, 0.3) is 22.3 Å². The molecule has 4 rings (SSSR count). The van der Waals surface area contributed by atoms with Gasteiger partial charge >= 0.3 is 0 Å². The number of hydrogen-bond donors (Lipinski definition) is 1. The lowest BCUT2D eigenvalue weighted by molar-refractivity contribution is -0.121. The Morgan fingerprint density at radius 2 is 1.94 bits per heavy atom. The van der Waals surface area contributed by atoms with Gasteiger partial charge in [0, 0.05) is 36.5 Å². The second kappa shape index (κ2) is 9.80. The molecule has 1 N–H and O–H groups in total. The molecule has 0 aliphatic carbocycles. The van der Waals surface area contributed by atoms with Crippen LogP contribution in [-0.4, -0.2) is 34.2 Å². The second-order valence-corrected chi connectivity index (χ2v) is 6.90. The Bertz CT molecular complexity index is 1160. The number of para-hydroxylation sites is 1. The minimum atomic E-state index is -0.330. The van der Waals surface area contributed by atoms with E-state index in [4.69, 9.17) is 9.26 Å². The van der Waals surface area contributed by atoms with Crippen molar-refractivity contribution < 1.29 is 18.4 Å². The lowest BCUT2D eigenvalue weighted by atomic mass is 10.2. The lowest BCUT2D eigenvalue weighted by Crippen LogP contribution is -2.25. The number of carbonyl (C=O) groups is 1. The van der Waals surface area contributed by atoms with E-state index in [-0.39, 0.29) is 18.1 Å². The molecule has 0 saturated heterocycles. The SMILES string of the molecule is O=C(CCc1nc(-c2ccc(F)cc2)no1)NCCCOc1cccc2cccnc12. The van der Waals surface area contributed by atoms with Gasteiger partial charge in [0.05, 0.1) is 6.61 Å². The van der Waals surface area contributed by atoms with E-state index in [2.05, 4.69) is 20.4 Å². The molecule has 0 atom stereocenters. The molecular weight excluding hydrogens is 399 g/mol. The van der Waals surface area contributed by atoms with Gasteiger partial charge in [0.25, 0.3) is 0 Å². The molecule has 2 aromatic heterocycles. The highest BCUT2D eigenvalue weighted by atomic mass is 19.1. The number of carbonyl (C=O) groups excluding carboxylic acids is 1. The van der Waals surface area contributed by atoms with Crippen molar-refractivity contribution in [3.63, 3.8) is 0 Å². The first-order chi connectivity index (χ1) is 15.2. The number of halogens is 1. The Morgan fingerprint density at radius 3 is 2.81 bits per heavy atom. The molecule has 4 aromatic rings. The van der Waals surface area contributed by atoms with Crippen molar-refractivity contribution in [1.82, 2.24) is 20.4 Å². The number of aromatic nitrogens is 3. The van der Waals surface area contributed by atoms with Crippen LogP contribution in [0.2, 0.25) is 0 Å². The van der Waals surface area contributed by atoms with E-state index in [1.165, 1.54) is 12.1 Å². The molecule has 7 nitrogen and oxygen atoms in total. The summed E-state index contributed by atoms with van der Waals surface area (Å²) in [5.41, 5.74) is 1.48. The first kappa shape index (κ1) is 20.5. The fourth-order valence-corrected chi connectivity index (χ4v) is 3.06. The molecule has 8 heteroatoms. The van der Waals surface area contributed by atoms with Gasteiger partial charge in [0.15, 0.2) is 0 Å². The third-order valence-electron chi connectivity index (χ3n) is 4.63. The number of nitrogens with zero attached hydrogens (tertiary/aromatic N) is 3. The molecule has 31 heavy (non-hydrogen) atoms. The monoisotopic (exact) mass is 420 g/mol. The first-order valence-corrected chi connectivity index (χ1v) is 10.0. The maximum absolute atomic E-state index is 13.0. The zero-order chi connectivity index (χ0) is 21.5. The van der Waals surface area contributed by atoms with Crippen molar-refractivity contribution in [2.24, 2.45) is 0 Å². The number of rotatable bonds is 9. The maximum Gasteiger partial charge on any atom is 0.227 e. The molecule has 0 bridgehead atoms. The van der Waals surface area contributed by atoms with Crippen molar-refractivity contribution in [2.75, 3.05) is 13.2 Å². The molecule has 0 saturated carbocycles. The van der Waals surface area contributed by atoms with Crippen LogP contribution in [0.1, 0.15) is 18.7 Å². The smallest absolute Gasteiger partial charge is 0.227 e. The summed E-state index contributed by atoms with van der Waals surface area (Å²) in [6, 6.07) is 15.5. The summed E-state index contributed by atoms with van der Waals surface area (Å²) < 4.78 is 24.0. The van der Waals surface area contributed by atoms with Crippen molar-refractivity contribution in [3.05, 3.63) is 72.5 Å². The van der Waals surface area contributed by atoms with Gasteiger partial charge in [-0.2, -0.15) is 4.98 Å². The molecule has 0 unspecified atom stereocenters. The van der Waals surface area contributed by atoms with Crippen LogP contribution in [0.15, 0.2) is 65.3 Å². The standard InChI is InChI=1S/C23H21FN4O3/c24-18-9-7-17(8-10-18)23-27-21(31-28-23)12-11-20(29)25-14-3-15-30-19-6-1-4-16-5-2-13-26-22(16)19/h1-2,4-10,13H,3,11-12,14-15H2,(H,25,29). The van der Waals surface area contributed by atoms with E-state index in [9.17, 15) is 9.18 Å². The highest BCUT2D eigenvalue weighted by Crippen LogP contribution is 2.23. The number of ether oxygens (including phenoxy) is 1. The van der Waals surface area contributed by atoms with Gasteiger partial charge in [0.2, 0.25) is 17.6 Å². The number of nitrogens with one attached hydrogen (secondary N) is 1. The molecule has 2 aromatic carbocycles. The highest BCUT2D eigenvalue weighted by molar-refractivity contribution is 5.84. The number of hydrogen-bond acceptors (Lipinski definition) is 6. The fraction of sp³-hybridized carbons (Fsp3) is 0.217. The molecule has 0 fully saturated rings. The fourth-order valence-electron chi connectivity index (χ4n) is 3.06. The van der Waals surface area contributed by atoms with Gasteiger partial charge in [0.1, 0.15) is 17.1 Å². The quantitative estimate of drug-likeness (QED) is 0.413. The van der Waals surface area contributed by atoms with Crippen LogP contribution in [0.5, 0.6) is 5.75 Å². The van der Waals surface area contributed by atoms with Crippen LogP contribution >= 0.6 is 0 Å². The number of fused-ring (bicyclic) bond motifs is 1. The third-order valence-corrected chi connectivity index (χ3v) is 4.63. The molecule has 0 spiro atoms. The lowest BCUT2D eigenvalue weighted by Gasteiger charge is -2.09. The van der Waals surface area contributed by atoms with Crippen molar-refractivity contribution >= 4 is 16.8 Å². The third kappa shape index (κ3) is 5.42. The molecular formula is C23H21FN4O3. The number of benzene rings is 2. The molecule has 158 valence electrons. The van der Waals surface area contributed by atoms with Crippen molar-refractivity contribution in [3.8, 4) is 17.1 Å². The number of aryl methyl sites for hydroxylation is 1. The zero-order valence-electron chi connectivity index (χ0n) is 16.8. The van der Waals surface area contributed by atoms with Gasteiger partial charge in [-0.05, 0) is 42.8 Å². The second-order valence-electron chi connectivity index (χ2n) is 6.90. The predicted octanol–water partition coefficient (Wildman–Crippen LogP) is 3.94. The summed E-state index contributed by atoms with van der Waals surface area (Å²) in [6.45, 7) is 0.975. The average Bonchev–Trinajstić information content (AvgIpc) is 3.27. The topological polar surface area (TPSA) is 90.1 Å². The highest BCUT2D eigenvalue weighted by Gasteiger charge is 2.11. The summed E-state index contributed by atoms with van der Waals surface area (Å²) in [4.78, 5) is 20.6. The van der Waals surface area contributed by atoms with Crippen molar-refractivity contribution in [1.29, 1.82) is 0 Å². The van der Waals surface area contributed by atoms with E-state index in [0.717, 1.165) is 16.7 Å². The van der Waals surface area contributed by atoms with E-state index in [1.54, 1.807) is 18.3 Å². The van der Waals surface area contributed by atoms with Crippen LogP contribution in [0.3, 0.4) is 0 Å². The minimum absolute atomic E-state index is 0.103. The maximum atomic E-state index is 13.0. The zero-order valence-corrected chi connectivity index (χ0v) is 16.8. The summed E-state index contributed by atoms with van der Waals surface area (Å²) in [7, 11) is 0. The number of amides is 1. The molecule has 0 aliphatic heterocycles. The van der Waals surface area contributed by atoms with Crippen LogP contribution < -0.4 is 10.1 Å².